The first kappa shape index (κ1) is 21.8. The fourth-order valence-electron chi connectivity index (χ4n) is 3.76. The molecule has 0 bridgehead atoms. The lowest BCUT2D eigenvalue weighted by atomic mass is 10.1. The molecule has 0 unspecified atom stereocenters. The maximum atomic E-state index is 12.7. The van der Waals surface area contributed by atoms with Gasteiger partial charge in [0.25, 0.3) is 0 Å². The number of ether oxygens (including phenoxy) is 1. The summed E-state index contributed by atoms with van der Waals surface area (Å²) in [6.45, 7) is 4.91. The van der Waals surface area contributed by atoms with Crippen molar-refractivity contribution in [2.24, 2.45) is 0 Å². The van der Waals surface area contributed by atoms with E-state index in [-0.39, 0.29) is 24.4 Å². The third kappa shape index (κ3) is 5.58. The Kier molecular flexibility index (Phi) is 7.43. The van der Waals surface area contributed by atoms with Crippen LogP contribution in [0.3, 0.4) is 0 Å². The van der Waals surface area contributed by atoms with Gasteiger partial charge in [-0.05, 0) is 30.2 Å². The van der Waals surface area contributed by atoms with E-state index in [0.29, 0.717) is 24.5 Å². The maximum Gasteiger partial charge on any atom is 0.238 e. The highest BCUT2D eigenvalue weighted by Gasteiger charge is 2.33. The molecule has 0 aliphatic carbocycles. The van der Waals surface area contributed by atoms with E-state index in [9.17, 15) is 9.59 Å². The van der Waals surface area contributed by atoms with Gasteiger partial charge < -0.3 is 15.4 Å². The largest absolute Gasteiger partial charge is 0.495 e. The van der Waals surface area contributed by atoms with Crippen molar-refractivity contribution in [3.05, 3.63) is 59.7 Å². The van der Waals surface area contributed by atoms with Crippen molar-refractivity contribution in [1.82, 2.24) is 15.1 Å². The van der Waals surface area contributed by atoms with E-state index in [1.807, 2.05) is 48.2 Å². The second kappa shape index (κ2) is 10.2. The van der Waals surface area contributed by atoms with Crippen LogP contribution in [0.15, 0.2) is 48.5 Å². The van der Waals surface area contributed by atoms with Crippen molar-refractivity contribution in [1.29, 1.82) is 0 Å². The second-order valence-corrected chi connectivity index (χ2v) is 7.57. The number of carbonyl (C=O) groups is 2. The molecule has 7 nitrogen and oxygen atoms in total. The smallest absolute Gasteiger partial charge is 0.238 e. The summed E-state index contributed by atoms with van der Waals surface area (Å²) >= 11 is 0. The SMILES string of the molecule is CNC(=O)[C@H]1CN(Cc2ccccc2)CCN1CC(=O)Nc1cc(C)ccc1OC. The van der Waals surface area contributed by atoms with Crippen LogP contribution >= 0.6 is 0 Å². The fourth-order valence-corrected chi connectivity index (χ4v) is 3.76. The summed E-state index contributed by atoms with van der Waals surface area (Å²) in [7, 11) is 3.21. The van der Waals surface area contributed by atoms with E-state index in [0.717, 1.165) is 18.7 Å². The number of nitrogens with one attached hydrogen (secondary N) is 2. The van der Waals surface area contributed by atoms with Gasteiger partial charge in [-0.15, -0.1) is 0 Å². The molecule has 160 valence electrons. The second-order valence-electron chi connectivity index (χ2n) is 7.57. The molecule has 7 heteroatoms. The number of benzene rings is 2. The molecule has 0 aromatic heterocycles. The zero-order chi connectivity index (χ0) is 21.5. The molecule has 0 radical (unpaired) electrons. The number of anilines is 1. The number of aryl methyl sites for hydroxylation is 1. The van der Waals surface area contributed by atoms with Gasteiger partial charge in [0.2, 0.25) is 11.8 Å². The number of rotatable bonds is 7. The molecular formula is C23H30N4O3. The lowest BCUT2D eigenvalue weighted by Gasteiger charge is -2.40. The third-order valence-electron chi connectivity index (χ3n) is 5.35. The predicted molar refractivity (Wildman–Crippen MR) is 118 cm³/mol. The topological polar surface area (TPSA) is 73.9 Å². The zero-order valence-corrected chi connectivity index (χ0v) is 17.9. The standard InChI is InChI=1S/C23H30N4O3/c1-17-9-10-21(30-3)19(13-17)25-22(28)16-27-12-11-26(15-20(27)23(29)24-2)14-18-7-5-4-6-8-18/h4-10,13,20H,11-12,14-16H2,1-3H3,(H,24,29)(H,25,28)/t20-/m1/s1. The Bertz CT molecular complexity index is 872. The van der Waals surface area contributed by atoms with Crippen LogP contribution in [0.25, 0.3) is 0 Å². The van der Waals surface area contributed by atoms with E-state index in [1.54, 1.807) is 14.2 Å². The normalized spacial score (nSPS) is 17.4. The number of hydrogen-bond donors (Lipinski definition) is 2. The average molecular weight is 411 g/mol. The Labute approximate surface area is 178 Å². The Balaban J connectivity index is 1.65. The van der Waals surface area contributed by atoms with E-state index in [1.165, 1.54) is 5.56 Å². The molecule has 3 rings (SSSR count). The summed E-state index contributed by atoms with van der Waals surface area (Å²) in [6.07, 6.45) is 0. The quantitative estimate of drug-likeness (QED) is 0.729. The van der Waals surface area contributed by atoms with E-state index in [4.69, 9.17) is 4.74 Å². The summed E-state index contributed by atoms with van der Waals surface area (Å²) in [4.78, 5) is 29.5. The molecule has 1 saturated heterocycles. The summed E-state index contributed by atoms with van der Waals surface area (Å²) < 4.78 is 5.34. The molecule has 1 aliphatic rings. The molecule has 2 aromatic carbocycles. The average Bonchev–Trinajstić information content (AvgIpc) is 2.75. The first-order valence-electron chi connectivity index (χ1n) is 10.2. The predicted octanol–water partition coefficient (Wildman–Crippen LogP) is 1.87. The molecule has 0 spiro atoms. The van der Waals surface area contributed by atoms with Crippen LogP contribution in [0, 0.1) is 6.92 Å². The molecule has 1 fully saturated rings. The Morgan fingerprint density at radius 1 is 1.13 bits per heavy atom. The van der Waals surface area contributed by atoms with Gasteiger partial charge >= 0.3 is 0 Å². The van der Waals surface area contributed by atoms with Gasteiger partial charge in [0.05, 0.1) is 19.3 Å². The van der Waals surface area contributed by atoms with Crippen molar-refractivity contribution in [3.63, 3.8) is 0 Å². The number of likely N-dealkylation sites (N-methyl/N-ethyl adjacent to an activating group) is 1. The molecule has 1 heterocycles. The fraction of sp³-hybridized carbons (Fsp3) is 0.391. The summed E-state index contributed by atoms with van der Waals surface area (Å²) in [5.74, 6) is 0.377. The van der Waals surface area contributed by atoms with Crippen molar-refractivity contribution >= 4 is 17.5 Å². The first-order chi connectivity index (χ1) is 14.5. The number of piperazine rings is 1. The highest BCUT2D eigenvalue weighted by Crippen LogP contribution is 2.25. The third-order valence-corrected chi connectivity index (χ3v) is 5.35. The van der Waals surface area contributed by atoms with Crippen LogP contribution in [-0.4, -0.2) is 68.0 Å². The van der Waals surface area contributed by atoms with Gasteiger partial charge in [-0.2, -0.15) is 0 Å². The van der Waals surface area contributed by atoms with Crippen molar-refractivity contribution in [3.8, 4) is 5.75 Å². The van der Waals surface area contributed by atoms with Crippen molar-refractivity contribution < 1.29 is 14.3 Å². The highest BCUT2D eigenvalue weighted by molar-refractivity contribution is 5.94. The Morgan fingerprint density at radius 3 is 2.60 bits per heavy atom. The Hall–Kier alpha value is -2.90. The minimum absolute atomic E-state index is 0.0753. The van der Waals surface area contributed by atoms with E-state index >= 15 is 0 Å². The molecule has 0 saturated carbocycles. The van der Waals surface area contributed by atoms with Crippen LogP contribution in [0.5, 0.6) is 5.75 Å². The van der Waals surface area contributed by atoms with Gasteiger partial charge in [-0.1, -0.05) is 36.4 Å². The summed E-state index contributed by atoms with van der Waals surface area (Å²) in [5, 5.41) is 5.67. The monoisotopic (exact) mass is 410 g/mol. The van der Waals surface area contributed by atoms with Gasteiger partial charge in [-0.3, -0.25) is 19.4 Å². The van der Waals surface area contributed by atoms with Gasteiger partial charge in [0, 0.05) is 33.2 Å². The lowest BCUT2D eigenvalue weighted by Crippen LogP contribution is -2.59. The highest BCUT2D eigenvalue weighted by atomic mass is 16.5. The lowest BCUT2D eigenvalue weighted by molar-refractivity contribution is -0.130. The van der Waals surface area contributed by atoms with Crippen molar-refractivity contribution in [2.45, 2.75) is 19.5 Å². The minimum Gasteiger partial charge on any atom is -0.495 e. The van der Waals surface area contributed by atoms with Gasteiger partial charge in [0.15, 0.2) is 0 Å². The maximum absolute atomic E-state index is 12.7. The molecular weight excluding hydrogens is 380 g/mol. The summed E-state index contributed by atoms with van der Waals surface area (Å²) in [5.41, 5.74) is 2.89. The van der Waals surface area contributed by atoms with Gasteiger partial charge in [-0.25, -0.2) is 0 Å². The van der Waals surface area contributed by atoms with Crippen molar-refractivity contribution in [2.75, 3.05) is 45.7 Å². The molecule has 1 aliphatic heterocycles. The minimum atomic E-state index is -0.377. The molecule has 2 aromatic rings. The van der Waals surface area contributed by atoms with E-state index in [2.05, 4.69) is 27.7 Å². The molecule has 1 atom stereocenters. The first-order valence-corrected chi connectivity index (χ1v) is 10.2. The molecule has 30 heavy (non-hydrogen) atoms. The summed E-state index contributed by atoms with van der Waals surface area (Å²) in [6, 6.07) is 15.5. The van der Waals surface area contributed by atoms with Crippen LogP contribution in [0.2, 0.25) is 0 Å². The number of hydrogen-bond acceptors (Lipinski definition) is 5. The van der Waals surface area contributed by atoms with E-state index < -0.39 is 0 Å². The Morgan fingerprint density at radius 2 is 1.90 bits per heavy atom. The van der Waals surface area contributed by atoms with Crippen LogP contribution in [0.4, 0.5) is 5.69 Å². The number of carbonyl (C=O) groups excluding carboxylic acids is 2. The van der Waals surface area contributed by atoms with Crippen LogP contribution in [0.1, 0.15) is 11.1 Å². The zero-order valence-electron chi connectivity index (χ0n) is 17.9. The number of amides is 2. The van der Waals surface area contributed by atoms with Gasteiger partial charge in [0.1, 0.15) is 11.8 Å². The number of nitrogens with zero attached hydrogens (tertiary/aromatic N) is 2. The molecule has 2 amide bonds. The van der Waals surface area contributed by atoms with Crippen LogP contribution in [-0.2, 0) is 16.1 Å². The number of methoxy groups -OCH3 is 1. The van der Waals surface area contributed by atoms with Crippen LogP contribution < -0.4 is 15.4 Å². The molecule has 2 N–H and O–H groups in total.